The molecule has 2 rings (SSSR count). The van der Waals surface area contributed by atoms with E-state index in [1.54, 1.807) is 6.26 Å². The number of carbonyl (C=O) groups is 1. The summed E-state index contributed by atoms with van der Waals surface area (Å²) < 4.78 is 5.40. The molecule has 0 aromatic carbocycles. The molecule has 2 unspecified atom stereocenters. The van der Waals surface area contributed by atoms with E-state index in [0.717, 1.165) is 12.2 Å². The third-order valence-corrected chi connectivity index (χ3v) is 3.46. The summed E-state index contributed by atoms with van der Waals surface area (Å²) in [6, 6.07) is 3.89. The van der Waals surface area contributed by atoms with Crippen LogP contribution in [-0.2, 0) is 4.79 Å². The Labute approximate surface area is 100 Å². The SMILES string of the molecule is CCC(c1ccco1)N1CCC(N)(C(=O)O)C1. The minimum Gasteiger partial charge on any atom is -0.480 e. The highest BCUT2D eigenvalue weighted by Gasteiger charge is 2.43. The Balaban J connectivity index is 2.12. The van der Waals surface area contributed by atoms with Crippen LogP contribution in [0.5, 0.6) is 0 Å². The minimum atomic E-state index is -1.11. The number of rotatable bonds is 4. The number of likely N-dealkylation sites (tertiary alicyclic amines) is 1. The zero-order valence-corrected chi connectivity index (χ0v) is 9.93. The first-order chi connectivity index (χ1) is 8.07. The molecule has 1 fully saturated rings. The van der Waals surface area contributed by atoms with Crippen molar-refractivity contribution < 1.29 is 14.3 Å². The van der Waals surface area contributed by atoms with E-state index < -0.39 is 11.5 Å². The van der Waals surface area contributed by atoms with Crippen molar-refractivity contribution in [3.8, 4) is 0 Å². The van der Waals surface area contributed by atoms with Gasteiger partial charge in [0.15, 0.2) is 0 Å². The van der Waals surface area contributed by atoms with Gasteiger partial charge in [0.05, 0.1) is 12.3 Å². The van der Waals surface area contributed by atoms with E-state index in [4.69, 9.17) is 15.3 Å². The maximum absolute atomic E-state index is 11.1. The van der Waals surface area contributed by atoms with Gasteiger partial charge in [0.2, 0.25) is 0 Å². The zero-order chi connectivity index (χ0) is 12.5. The molecule has 1 aliphatic heterocycles. The molecule has 1 saturated heterocycles. The average molecular weight is 238 g/mol. The molecule has 5 heteroatoms. The molecular formula is C12H18N2O3. The highest BCUT2D eigenvalue weighted by Crippen LogP contribution is 2.31. The van der Waals surface area contributed by atoms with Crippen molar-refractivity contribution >= 4 is 5.97 Å². The summed E-state index contributed by atoms with van der Waals surface area (Å²) in [4.78, 5) is 13.2. The van der Waals surface area contributed by atoms with Crippen molar-refractivity contribution in [3.05, 3.63) is 24.2 Å². The average Bonchev–Trinajstić information content (AvgIpc) is 2.91. The molecule has 2 atom stereocenters. The van der Waals surface area contributed by atoms with Crippen LogP contribution in [0.1, 0.15) is 31.6 Å². The number of aliphatic carboxylic acids is 1. The quantitative estimate of drug-likeness (QED) is 0.824. The fourth-order valence-corrected chi connectivity index (χ4v) is 2.42. The minimum absolute atomic E-state index is 0.120. The molecule has 0 amide bonds. The van der Waals surface area contributed by atoms with Crippen LogP contribution < -0.4 is 5.73 Å². The summed E-state index contributed by atoms with van der Waals surface area (Å²) in [5.74, 6) is -0.0450. The van der Waals surface area contributed by atoms with Crippen LogP contribution >= 0.6 is 0 Å². The molecule has 0 spiro atoms. The van der Waals surface area contributed by atoms with E-state index in [1.807, 2.05) is 12.1 Å². The molecule has 3 N–H and O–H groups in total. The molecule has 0 aliphatic carbocycles. The van der Waals surface area contributed by atoms with Crippen molar-refractivity contribution in [2.24, 2.45) is 5.73 Å². The number of hydrogen-bond donors (Lipinski definition) is 2. The lowest BCUT2D eigenvalue weighted by Gasteiger charge is -2.26. The van der Waals surface area contributed by atoms with Crippen molar-refractivity contribution in [1.29, 1.82) is 0 Å². The summed E-state index contributed by atoms with van der Waals surface area (Å²) in [7, 11) is 0. The van der Waals surface area contributed by atoms with E-state index >= 15 is 0 Å². The van der Waals surface area contributed by atoms with Gasteiger partial charge < -0.3 is 15.3 Å². The van der Waals surface area contributed by atoms with Gasteiger partial charge >= 0.3 is 5.97 Å². The summed E-state index contributed by atoms with van der Waals surface area (Å²) in [5, 5.41) is 9.10. The molecular weight excluding hydrogens is 220 g/mol. The van der Waals surface area contributed by atoms with Gasteiger partial charge in [0.25, 0.3) is 0 Å². The van der Waals surface area contributed by atoms with Crippen LogP contribution in [0, 0.1) is 0 Å². The number of carboxylic acid groups (broad SMARTS) is 1. The van der Waals surface area contributed by atoms with Crippen LogP contribution in [0.4, 0.5) is 0 Å². The lowest BCUT2D eigenvalue weighted by atomic mass is 10.0. The third kappa shape index (κ3) is 2.21. The molecule has 94 valence electrons. The Kier molecular flexibility index (Phi) is 3.22. The third-order valence-electron chi connectivity index (χ3n) is 3.46. The first-order valence-corrected chi connectivity index (χ1v) is 5.86. The number of furan rings is 1. The molecule has 5 nitrogen and oxygen atoms in total. The number of nitrogens with two attached hydrogens (primary N) is 1. The summed E-state index contributed by atoms with van der Waals surface area (Å²) in [6.45, 7) is 3.13. The molecule has 0 bridgehead atoms. The molecule has 1 aliphatic rings. The van der Waals surface area contributed by atoms with Gasteiger partial charge in [-0.15, -0.1) is 0 Å². The summed E-state index contributed by atoms with van der Waals surface area (Å²) in [5.41, 5.74) is 4.76. The van der Waals surface area contributed by atoms with Gasteiger partial charge in [0.1, 0.15) is 11.3 Å². The first kappa shape index (κ1) is 12.1. The number of nitrogens with zero attached hydrogens (tertiary/aromatic N) is 1. The van der Waals surface area contributed by atoms with E-state index in [0.29, 0.717) is 19.5 Å². The predicted octanol–water partition coefficient (Wildman–Crippen LogP) is 1.22. The fraction of sp³-hybridized carbons (Fsp3) is 0.583. The molecule has 17 heavy (non-hydrogen) atoms. The topological polar surface area (TPSA) is 79.7 Å². The van der Waals surface area contributed by atoms with Gasteiger partial charge in [-0.25, -0.2) is 0 Å². The maximum atomic E-state index is 11.1. The van der Waals surface area contributed by atoms with Crippen LogP contribution in [0.2, 0.25) is 0 Å². The largest absolute Gasteiger partial charge is 0.480 e. The Morgan fingerprint density at radius 1 is 1.76 bits per heavy atom. The zero-order valence-electron chi connectivity index (χ0n) is 9.93. The highest BCUT2D eigenvalue weighted by atomic mass is 16.4. The van der Waals surface area contributed by atoms with Crippen molar-refractivity contribution in [2.75, 3.05) is 13.1 Å². The molecule has 0 saturated carbocycles. The predicted molar refractivity (Wildman–Crippen MR) is 62.5 cm³/mol. The Bertz CT molecular complexity index is 390. The molecule has 1 aromatic rings. The standard InChI is InChI=1S/C12H18N2O3/c1-2-9(10-4-3-7-17-10)14-6-5-12(13,8-14)11(15)16/h3-4,7,9H,2,5-6,8,13H2,1H3,(H,15,16). The van der Waals surface area contributed by atoms with Crippen molar-refractivity contribution in [1.82, 2.24) is 4.90 Å². The lowest BCUT2D eigenvalue weighted by Crippen LogP contribution is -2.50. The van der Waals surface area contributed by atoms with Crippen molar-refractivity contribution in [2.45, 2.75) is 31.3 Å². The maximum Gasteiger partial charge on any atom is 0.325 e. The highest BCUT2D eigenvalue weighted by molar-refractivity contribution is 5.79. The molecule has 2 heterocycles. The Hall–Kier alpha value is -1.33. The van der Waals surface area contributed by atoms with Gasteiger partial charge in [-0.2, -0.15) is 0 Å². The Morgan fingerprint density at radius 2 is 2.53 bits per heavy atom. The van der Waals surface area contributed by atoms with E-state index in [2.05, 4.69) is 11.8 Å². The van der Waals surface area contributed by atoms with Gasteiger partial charge in [-0.1, -0.05) is 6.92 Å². The van der Waals surface area contributed by atoms with E-state index in [9.17, 15) is 4.79 Å². The van der Waals surface area contributed by atoms with Gasteiger partial charge in [0, 0.05) is 13.1 Å². The number of hydrogen-bond acceptors (Lipinski definition) is 4. The fourth-order valence-electron chi connectivity index (χ4n) is 2.42. The Morgan fingerprint density at radius 3 is 3.00 bits per heavy atom. The van der Waals surface area contributed by atoms with Crippen LogP contribution in [-0.4, -0.2) is 34.6 Å². The van der Waals surface area contributed by atoms with Crippen LogP contribution in [0.15, 0.2) is 22.8 Å². The lowest BCUT2D eigenvalue weighted by molar-refractivity contribution is -0.142. The van der Waals surface area contributed by atoms with Gasteiger partial charge in [-0.3, -0.25) is 9.69 Å². The van der Waals surface area contributed by atoms with Crippen LogP contribution in [0.25, 0.3) is 0 Å². The van der Waals surface area contributed by atoms with Crippen molar-refractivity contribution in [3.63, 3.8) is 0 Å². The van der Waals surface area contributed by atoms with Gasteiger partial charge in [-0.05, 0) is 25.0 Å². The van der Waals surface area contributed by atoms with E-state index in [1.165, 1.54) is 0 Å². The van der Waals surface area contributed by atoms with E-state index in [-0.39, 0.29) is 6.04 Å². The number of carboxylic acids is 1. The second kappa shape index (κ2) is 4.50. The smallest absolute Gasteiger partial charge is 0.325 e. The summed E-state index contributed by atoms with van der Waals surface area (Å²) in [6.07, 6.45) is 3.00. The molecule has 1 aromatic heterocycles. The monoisotopic (exact) mass is 238 g/mol. The van der Waals surface area contributed by atoms with Crippen LogP contribution in [0.3, 0.4) is 0 Å². The first-order valence-electron chi connectivity index (χ1n) is 5.86. The second-order valence-corrected chi connectivity index (χ2v) is 4.62. The second-order valence-electron chi connectivity index (χ2n) is 4.62. The summed E-state index contributed by atoms with van der Waals surface area (Å²) >= 11 is 0. The molecule has 0 radical (unpaired) electrons. The normalized spacial score (nSPS) is 27.2.